The van der Waals surface area contributed by atoms with Crippen LogP contribution in [0.25, 0.3) is 0 Å². The molecular formula is C13H11BrINO2S. The van der Waals surface area contributed by atoms with Crippen LogP contribution in [0.15, 0.2) is 46.9 Å². The molecule has 0 unspecified atom stereocenters. The second-order valence-corrected chi connectivity index (χ2v) is 5.77. The van der Waals surface area contributed by atoms with Gasteiger partial charge >= 0.3 is 11.6 Å². The number of rotatable bonds is 2. The van der Waals surface area contributed by atoms with Crippen LogP contribution < -0.4 is 5.32 Å². The van der Waals surface area contributed by atoms with Gasteiger partial charge in [0.15, 0.2) is 0 Å². The Morgan fingerprint density at radius 3 is 2.32 bits per heavy atom. The van der Waals surface area contributed by atoms with Gasteiger partial charge in [-0.1, -0.05) is 34.1 Å². The minimum absolute atomic E-state index is 0.750. The summed E-state index contributed by atoms with van der Waals surface area (Å²) in [4.78, 5) is 0. The molecule has 0 aliphatic carbocycles. The van der Waals surface area contributed by atoms with E-state index in [4.69, 9.17) is 8.42 Å². The third-order valence-corrected chi connectivity index (χ3v) is 4.16. The maximum absolute atomic E-state index is 8.29. The van der Waals surface area contributed by atoms with E-state index in [1.807, 2.05) is 18.2 Å². The van der Waals surface area contributed by atoms with Crippen LogP contribution in [0, 0.1) is 10.5 Å². The SMILES string of the molecule is Cc1cc(Br)cc(Nc2ccccc2)c1I.O=S=O. The molecule has 0 saturated carbocycles. The highest BCUT2D eigenvalue weighted by Gasteiger charge is 2.04. The molecule has 2 aromatic rings. The van der Waals surface area contributed by atoms with Crippen LogP contribution in [0.5, 0.6) is 0 Å². The Kier molecular flexibility index (Phi) is 7.25. The van der Waals surface area contributed by atoms with Gasteiger partial charge in [0.25, 0.3) is 0 Å². The molecule has 0 amide bonds. The fourth-order valence-corrected chi connectivity index (χ4v) is 2.51. The molecule has 19 heavy (non-hydrogen) atoms. The van der Waals surface area contributed by atoms with Gasteiger partial charge < -0.3 is 5.32 Å². The number of halogens is 2. The topological polar surface area (TPSA) is 46.2 Å². The maximum Gasteiger partial charge on any atom is 0.335 e. The molecule has 0 heterocycles. The molecule has 0 fully saturated rings. The van der Waals surface area contributed by atoms with Crippen molar-refractivity contribution >= 4 is 61.5 Å². The normalized spacial score (nSPS) is 9.21. The molecule has 0 aliphatic heterocycles. The molecule has 100 valence electrons. The molecule has 6 heteroatoms. The van der Waals surface area contributed by atoms with Gasteiger partial charge in [-0.3, -0.25) is 0 Å². The van der Waals surface area contributed by atoms with Gasteiger partial charge in [-0.25, -0.2) is 0 Å². The third-order valence-electron chi connectivity index (χ3n) is 2.27. The van der Waals surface area contributed by atoms with Gasteiger partial charge in [0.1, 0.15) is 0 Å². The Hall–Kier alpha value is -0.730. The zero-order chi connectivity index (χ0) is 14.3. The van der Waals surface area contributed by atoms with Gasteiger partial charge in [-0.15, -0.1) is 0 Å². The predicted octanol–water partition coefficient (Wildman–Crippen LogP) is 4.44. The molecule has 0 atom stereocenters. The smallest absolute Gasteiger partial charge is 0.335 e. The summed E-state index contributed by atoms with van der Waals surface area (Å²) in [5.41, 5.74) is 3.52. The van der Waals surface area contributed by atoms with Crippen molar-refractivity contribution in [2.75, 3.05) is 5.32 Å². The lowest BCUT2D eigenvalue weighted by Crippen LogP contribution is -1.94. The standard InChI is InChI=1S/C13H11BrIN.O2S/c1-9-7-10(14)8-12(13(9)15)16-11-5-3-2-4-6-11;1-3-2/h2-8,16H,1H3;. The lowest BCUT2D eigenvalue weighted by atomic mass is 10.2. The zero-order valence-electron chi connectivity index (χ0n) is 10.0. The summed E-state index contributed by atoms with van der Waals surface area (Å²) in [6, 6.07) is 14.4. The molecule has 2 aromatic carbocycles. The first-order valence-electron chi connectivity index (χ1n) is 5.28. The number of para-hydroxylation sites is 1. The van der Waals surface area contributed by atoms with Gasteiger partial charge in [0, 0.05) is 13.7 Å². The summed E-state index contributed by atoms with van der Waals surface area (Å²) in [5, 5.41) is 3.42. The van der Waals surface area contributed by atoms with Crippen molar-refractivity contribution in [3.63, 3.8) is 0 Å². The molecule has 0 saturated heterocycles. The maximum atomic E-state index is 8.29. The van der Waals surface area contributed by atoms with Crippen molar-refractivity contribution in [3.05, 3.63) is 56.1 Å². The fraction of sp³-hybridized carbons (Fsp3) is 0.0769. The van der Waals surface area contributed by atoms with E-state index in [9.17, 15) is 0 Å². The van der Waals surface area contributed by atoms with Gasteiger partial charge in [-0.05, 0) is 59.3 Å². The Bertz CT molecular complexity index is 587. The summed E-state index contributed by atoms with van der Waals surface area (Å²) in [7, 11) is 0. The van der Waals surface area contributed by atoms with Gasteiger partial charge in [-0.2, -0.15) is 8.42 Å². The Morgan fingerprint density at radius 2 is 1.74 bits per heavy atom. The Labute approximate surface area is 137 Å². The summed E-state index contributed by atoms with van der Waals surface area (Å²) in [6.07, 6.45) is 0. The van der Waals surface area contributed by atoms with Crippen LogP contribution in [-0.4, -0.2) is 8.42 Å². The highest BCUT2D eigenvalue weighted by atomic mass is 127. The lowest BCUT2D eigenvalue weighted by Gasteiger charge is -2.11. The minimum atomic E-state index is -0.750. The molecule has 0 radical (unpaired) electrons. The fourth-order valence-electron chi connectivity index (χ4n) is 1.49. The molecule has 2 rings (SSSR count). The first-order chi connectivity index (χ1) is 9.08. The molecule has 1 N–H and O–H groups in total. The van der Waals surface area contributed by atoms with Crippen molar-refractivity contribution in [1.29, 1.82) is 0 Å². The average molecular weight is 452 g/mol. The average Bonchev–Trinajstić information content (AvgIpc) is 2.37. The highest BCUT2D eigenvalue weighted by molar-refractivity contribution is 14.1. The van der Waals surface area contributed by atoms with Crippen LogP contribution in [0.3, 0.4) is 0 Å². The van der Waals surface area contributed by atoms with E-state index in [0.29, 0.717) is 0 Å². The minimum Gasteiger partial charge on any atom is -0.355 e. The largest absolute Gasteiger partial charge is 0.355 e. The van der Waals surface area contributed by atoms with Crippen molar-refractivity contribution in [1.82, 2.24) is 0 Å². The molecule has 0 spiro atoms. The van der Waals surface area contributed by atoms with Gasteiger partial charge in [0.2, 0.25) is 0 Å². The second kappa shape index (κ2) is 8.44. The summed E-state index contributed by atoms with van der Waals surface area (Å²) < 4.78 is 18.9. The van der Waals surface area contributed by atoms with Crippen LogP contribution in [0.4, 0.5) is 11.4 Å². The number of hydrogen-bond donors (Lipinski definition) is 1. The molecule has 0 aliphatic rings. The summed E-state index contributed by atoms with van der Waals surface area (Å²) in [5.74, 6) is 0. The van der Waals surface area contributed by atoms with E-state index in [-0.39, 0.29) is 0 Å². The number of nitrogens with one attached hydrogen (secondary N) is 1. The van der Waals surface area contributed by atoms with E-state index in [1.165, 1.54) is 9.13 Å². The molecule has 0 aromatic heterocycles. The first kappa shape index (κ1) is 16.3. The van der Waals surface area contributed by atoms with Crippen molar-refractivity contribution in [2.24, 2.45) is 0 Å². The van der Waals surface area contributed by atoms with E-state index in [2.05, 4.69) is 75.0 Å². The molecule has 3 nitrogen and oxygen atoms in total. The van der Waals surface area contributed by atoms with Crippen molar-refractivity contribution in [3.8, 4) is 0 Å². The van der Waals surface area contributed by atoms with E-state index in [1.54, 1.807) is 0 Å². The Morgan fingerprint density at radius 1 is 1.16 bits per heavy atom. The van der Waals surface area contributed by atoms with E-state index in [0.717, 1.165) is 15.8 Å². The summed E-state index contributed by atoms with van der Waals surface area (Å²) in [6.45, 7) is 2.11. The van der Waals surface area contributed by atoms with Crippen LogP contribution >= 0.6 is 38.5 Å². The van der Waals surface area contributed by atoms with Crippen LogP contribution in [-0.2, 0) is 11.6 Å². The van der Waals surface area contributed by atoms with Gasteiger partial charge in [0.05, 0.1) is 5.69 Å². The lowest BCUT2D eigenvalue weighted by molar-refractivity contribution is 0.630. The Balaban J connectivity index is 0.000000550. The zero-order valence-corrected chi connectivity index (χ0v) is 14.6. The highest BCUT2D eigenvalue weighted by Crippen LogP contribution is 2.29. The number of hydrogen-bond acceptors (Lipinski definition) is 3. The van der Waals surface area contributed by atoms with Crippen molar-refractivity contribution < 1.29 is 8.42 Å². The number of benzene rings is 2. The van der Waals surface area contributed by atoms with E-state index < -0.39 is 11.6 Å². The van der Waals surface area contributed by atoms with Crippen LogP contribution in [0.2, 0.25) is 0 Å². The molecular weight excluding hydrogens is 441 g/mol. The van der Waals surface area contributed by atoms with E-state index >= 15 is 0 Å². The predicted molar refractivity (Wildman–Crippen MR) is 90.2 cm³/mol. The third kappa shape index (κ3) is 5.42. The first-order valence-corrected chi connectivity index (χ1v) is 7.82. The molecule has 0 bridgehead atoms. The van der Waals surface area contributed by atoms with Crippen LogP contribution in [0.1, 0.15) is 5.56 Å². The monoisotopic (exact) mass is 451 g/mol. The van der Waals surface area contributed by atoms with Crippen molar-refractivity contribution in [2.45, 2.75) is 6.92 Å². The number of aryl methyl sites for hydroxylation is 1. The summed E-state index contributed by atoms with van der Waals surface area (Å²) >= 11 is 5.13. The second-order valence-electron chi connectivity index (χ2n) is 3.64. The quantitative estimate of drug-likeness (QED) is 0.686. The number of anilines is 2.